The summed E-state index contributed by atoms with van der Waals surface area (Å²) in [6.45, 7) is 1.97. The van der Waals surface area contributed by atoms with Crippen molar-refractivity contribution in [3.05, 3.63) is 35.5 Å². The summed E-state index contributed by atoms with van der Waals surface area (Å²) in [6.07, 6.45) is 0. The number of fused-ring (bicyclic) bond motifs is 1. The van der Waals surface area contributed by atoms with Gasteiger partial charge >= 0.3 is 5.97 Å². The van der Waals surface area contributed by atoms with Gasteiger partial charge in [-0.2, -0.15) is 0 Å². The van der Waals surface area contributed by atoms with Crippen LogP contribution >= 0.6 is 0 Å². The molecule has 0 saturated heterocycles. The first-order chi connectivity index (χ1) is 7.09. The quantitative estimate of drug-likeness (QED) is 0.694. The highest BCUT2D eigenvalue weighted by Gasteiger charge is 2.16. The number of H-pyrrole nitrogens is 1. The molecule has 1 aromatic heterocycles. The molecule has 2 aromatic rings. The van der Waals surface area contributed by atoms with Crippen molar-refractivity contribution in [1.29, 1.82) is 0 Å². The van der Waals surface area contributed by atoms with Gasteiger partial charge in [-0.15, -0.1) is 0 Å². The maximum atomic E-state index is 10.7. The van der Waals surface area contributed by atoms with E-state index in [1.165, 1.54) is 0 Å². The Morgan fingerprint density at radius 1 is 1.53 bits per heavy atom. The Bertz CT molecular complexity index is 516. The van der Waals surface area contributed by atoms with Crippen molar-refractivity contribution < 1.29 is 9.90 Å². The van der Waals surface area contributed by atoms with Crippen LogP contribution in [0.1, 0.15) is 17.3 Å². The topological polar surface area (TPSA) is 79.1 Å². The van der Waals surface area contributed by atoms with Crippen LogP contribution in [-0.4, -0.2) is 16.1 Å². The van der Waals surface area contributed by atoms with Gasteiger partial charge in [-0.25, -0.2) is 0 Å². The summed E-state index contributed by atoms with van der Waals surface area (Å²) in [5, 5.41) is 9.77. The van der Waals surface area contributed by atoms with Crippen LogP contribution in [0.5, 0.6) is 0 Å². The van der Waals surface area contributed by atoms with Gasteiger partial charge < -0.3 is 15.8 Å². The Hall–Kier alpha value is -1.81. The van der Waals surface area contributed by atoms with E-state index in [4.69, 9.17) is 10.8 Å². The summed E-state index contributed by atoms with van der Waals surface area (Å²) in [5.41, 5.74) is 8.08. The van der Waals surface area contributed by atoms with Gasteiger partial charge in [0, 0.05) is 11.2 Å². The molecular weight excluding hydrogens is 192 g/mol. The summed E-state index contributed by atoms with van der Waals surface area (Å²) in [6, 6.07) is 6.62. The molecule has 1 unspecified atom stereocenters. The van der Waals surface area contributed by atoms with Gasteiger partial charge in [0.05, 0.1) is 0 Å². The molecule has 2 rings (SSSR count). The zero-order chi connectivity index (χ0) is 11.0. The number of hydrogen-bond donors (Lipinski definition) is 3. The molecule has 0 bridgehead atoms. The summed E-state index contributed by atoms with van der Waals surface area (Å²) >= 11 is 0. The third-order valence-corrected chi connectivity index (χ3v) is 2.49. The summed E-state index contributed by atoms with van der Waals surface area (Å²) in [4.78, 5) is 13.8. The van der Waals surface area contributed by atoms with Crippen molar-refractivity contribution in [2.75, 3.05) is 0 Å². The third-order valence-electron chi connectivity index (χ3n) is 2.49. The number of hydrogen-bond acceptors (Lipinski definition) is 2. The zero-order valence-corrected chi connectivity index (χ0v) is 8.32. The molecule has 0 aliphatic carbocycles. The van der Waals surface area contributed by atoms with Gasteiger partial charge in [0.1, 0.15) is 6.04 Å². The standard InChI is InChI=1S/C11H12N2O2/c1-6-3-2-4-7-5-8(13-10(6)7)9(12)11(14)15/h2-5,9,13H,12H2,1H3,(H,14,15). The number of nitrogens with one attached hydrogen (secondary N) is 1. The number of aromatic amines is 1. The van der Waals surface area contributed by atoms with Gasteiger partial charge in [0.15, 0.2) is 0 Å². The minimum absolute atomic E-state index is 0.534. The summed E-state index contributed by atoms with van der Waals surface area (Å²) in [7, 11) is 0. The fourth-order valence-electron chi connectivity index (χ4n) is 1.63. The fourth-order valence-corrected chi connectivity index (χ4v) is 1.63. The molecular formula is C11H12N2O2. The number of benzene rings is 1. The molecule has 0 aliphatic heterocycles. The number of carboxylic acid groups (broad SMARTS) is 1. The number of para-hydroxylation sites is 1. The molecule has 4 N–H and O–H groups in total. The minimum Gasteiger partial charge on any atom is -0.480 e. The number of carbonyl (C=O) groups is 1. The average Bonchev–Trinajstić information content (AvgIpc) is 2.61. The minimum atomic E-state index is -1.03. The van der Waals surface area contributed by atoms with Gasteiger partial charge in [-0.3, -0.25) is 4.79 Å². The predicted molar refractivity (Wildman–Crippen MR) is 57.6 cm³/mol. The van der Waals surface area contributed by atoms with E-state index in [2.05, 4.69) is 4.98 Å². The van der Waals surface area contributed by atoms with Crippen LogP contribution in [0.4, 0.5) is 0 Å². The number of aromatic nitrogens is 1. The summed E-state index contributed by atoms with van der Waals surface area (Å²) < 4.78 is 0. The monoisotopic (exact) mass is 204 g/mol. The molecule has 78 valence electrons. The van der Waals surface area contributed by atoms with Crippen molar-refractivity contribution in [2.45, 2.75) is 13.0 Å². The smallest absolute Gasteiger partial charge is 0.326 e. The van der Waals surface area contributed by atoms with E-state index in [1.54, 1.807) is 6.07 Å². The van der Waals surface area contributed by atoms with E-state index in [9.17, 15) is 4.79 Å². The molecule has 0 saturated carbocycles. The first-order valence-corrected chi connectivity index (χ1v) is 4.66. The highest BCUT2D eigenvalue weighted by molar-refractivity contribution is 5.85. The Morgan fingerprint density at radius 2 is 2.27 bits per heavy atom. The number of rotatable bonds is 2. The van der Waals surface area contributed by atoms with Gasteiger partial charge in [-0.05, 0) is 23.9 Å². The van der Waals surface area contributed by atoms with Gasteiger partial charge in [0.25, 0.3) is 0 Å². The number of carboxylic acids is 1. The Labute approximate surface area is 86.7 Å². The second kappa shape index (κ2) is 3.40. The first kappa shape index (κ1) is 9.73. The van der Waals surface area contributed by atoms with E-state index >= 15 is 0 Å². The molecule has 4 nitrogen and oxygen atoms in total. The molecule has 4 heteroatoms. The molecule has 1 aromatic carbocycles. The molecule has 0 aliphatic rings. The average molecular weight is 204 g/mol. The van der Waals surface area contributed by atoms with Gasteiger partial charge in [-0.1, -0.05) is 18.2 Å². The lowest BCUT2D eigenvalue weighted by molar-refractivity contribution is -0.138. The first-order valence-electron chi connectivity index (χ1n) is 4.66. The fraction of sp³-hybridized carbons (Fsp3) is 0.182. The predicted octanol–water partition coefficient (Wildman–Crippen LogP) is 1.56. The highest BCUT2D eigenvalue weighted by atomic mass is 16.4. The third kappa shape index (κ3) is 1.59. The number of aliphatic carboxylic acids is 1. The SMILES string of the molecule is Cc1cccc2cc(C(N)C(=O)O)[nH]c12. The van der Waals surface area contributed by atoms with Crippen LogP contribution in [-0.2, 0) is 4.79 Å². The second-order valence-corrected chi connectivity index (χ2v) is 3.58. The largest absolute Gasteiger partial charge is 0.480 e. The molecule has 1 atom stereocenters. The van der Waals surface area contributed by atoms with Gasteiger partial charge in [0.2, 0.25) is 0 Å². The molecule has 0 radical (unpaired) electrons. The molecule has 0 amide bonds. The maximum absolute atomic E-state index is 10.7. The van der Waals surface area contributed by atoms with Crippen LogP contribution in [0.2, 0.25) is 0 Å². The van der Waals surface area contributed by atoms with Crippen LogP contribution in [0, 0.1) is 6.92 Å². The van der Waals surface area contributed by atoms with Crippen LogP contribution in [0.15, 0.2) is 24.3 Å². The lowest BCUT2D eigenvalue weighted by atomic mass is 10.1. The van der Waals surface area contributed by atoms with Crippen molar-refractivity contribution in [3.8, 4) is 0 Å². The van der Waals surface area contributed by atoms with Crippen molar-refractivity contribution in [1.82, 2.24) is 4.98 Å². The van der Waals surface area contributed by atoms with Crippen molar-refractivity contribution in [3.63, 3.8) is 0 Å². The molecule has 1 heterocycles. The molecule has 0 fully saturated rings. The van der Waals surface area contributed by atoms with E-state index in [-0.39, 0.29) is 0 Å². The highest BCUT2D eigenvalue weighted by Crippen LogP contribution is 2.21. The van der Waals surface area contributed by atoms with E-state index in [1.807, 2.05) is 25.1 Å². The molecule has 15 heavy (non-hydrogen) atoms. The number of nitrogens with two attached hydrogens (primary N) is 1. The number of aryl methyl sites for hydroxylation is 1. The van der Waals surface area contributed by atoms with E-state index in [0.717, 1.165) is 16.5 Å². The Kier molecular flexibility index (Phi) is 2.21. The maximum Gasteiger partial charge on any atom is 0.326 e. The second-order valence-electron chi connectivity index (χ2n) is 3.58. The van der Waals surface area contributed by atoms with Crippen LogP contribution < -0.4 is 5.73 Å². The molecule has 0 spiro atoms. The van der Waals surface area contributed by atoms with Crippen molar-refractivity contribution >= 4 is 16.9 Å². The van der Waals surface area contributed by atoms with Crippen molar-refractivity contribution in [2.24, 2.45) is 5.73 Å². The Morgan fingerprint density at radius 3 is 2.87 bits per heavy atom. The lowest BCUT2D eigenvalue weighted by Crippen LogP contribution is -2.20. The lowest BCUT2D eigenvalue weighted by Gasteiger charge is -2.01. The zero-order valence-electron chi connectivity index (χ0n) is 8.32. The Balaban J connectivity index is 2.56. The van der Waals surface area contributed by atoms with E-state index < -0.39 is 12.0 Å². The normalized spacial score (nSPS) is 12.9. The summed E-state index contributed by atoms with van der Waals surface area (Å²) in [5.74, 6) is -1.03. The van der Waals surface area contributed by atoms with Crippen LogP contribution in [0.25, 0.3) is 10.9 Å². The van der Waals surface area contributed by atoms with E-state index in [0.29, 0.717) is 5.69 Å². The van der Waals surface area contributed by atoms with Crippen LogP contribution in [0.3, 0.4) is 0 Å².